The van der Waals surface area contributed by atoms with Gasteiger partial charge in [0.15, 0.2) is 5.82 Å². The van der Waals surface area contributed by atoms with Crippen molar-refractivity contribution in [2.24, 2.45) is 0 Å². The first-order valence-corrected chi connectivity index (χ1v) is 16.3. The van der Waals surface area contributed by atoms with Crippen LogP contribution in [-0.2, 0) is 19.4 Å². The smallest absolute Gasteiger partial charge is 0.319 e. The molecule has 2 atom stereocenters. The van der Waals surface area contributed by atoms with Crippen molar-refractivity contribution in [1.29, 1.82) is 0 Å². The molecule has 3 aliphatic rings. The van der Waals surface area contributed by atoms with E-state index in [0.29, 0.717) is 60.0 Å². The number of ether oxygens (including phenoxy) is 1. The molecule has 2 saturated heterocycles. The molecule has 11 heteroatoms. The van der Waals surface area contributed by atoms with Gasteiger partial charge in [-0.2, -0.15) is 9.97 Å². The van der Waals surface area contributed by atoms with E-state index in [1.807, 2.05) is 19.1 Å². The summed E-state index contributed by atoms with van der Waals surface area (Å²) in [5.41, 5.74) is 2.27. The van der Waals surface area contributed by atoms with Crippen molar-refractivity contribution in [3.8, 4) is 23.0 Å². The predicted molar refractivity (Wildman–Crippen MR) is 173 cm³/mol. The number of hydrogen-bond acceptors (Lipinski definition) is 8. The summed E-state index contributed by atoms with van der Waals surface area (Å²) in [4.78, 5) is 22.8. The Morgan fingerprint density at radius 3 is 2.85 bits per heavy atom. The minimum atomic E-state index is -0.918. The number of nitrogens with zero attached hydrogens (tertiary/aromatic N) is 6. The Balaban J connectivity index is 1.28. The molecule has 47 heavy (non-hydrogen) atoms. The van der Waals surface area contributed by atoms with Crippen LogP contribution in [0.4, 0.5) is 19.0 Å². The summed E-state index contributed by atoms with van der Waals surface area (Å²) in [6.07, 6.45) is 6.56. The van der Waals surface area contributed by atoms with Gasteiger partial charge in [-0.05, 0) is 84.8 Å². The number of aromatic nitrogens is 4. The Morgan fingerprint density at radius 1 is 1.09 bits per heavy atom. The van der Waals surface area contributed by atoms with Gasteiger partial charge >= 0.3 is 6.01 Å². The monoisotopic (exact) mass is 640 g/mol. The van der Waals surface area contributed by atoms with E-state index in [9.17, 15) is 13.9 Å². The molecule has 5 aromatic rings. The maximum absolute atomic E-state index is 16.9. The van der Waals surface area contributed by atoms with Crippen molar-refractivity contribution in [2.45, 2.75) is 63.7 Å². The highest BCUT2D eigenvalue weighted by atomic mass is 19.1. The average molecular weight is 641 g/mol. The first-order valence-electron chi connectivity index (χ1n) is 16.3. The molecule has 0 spiro atoms. The number of halogens is 3. The van der Waals surface area contributed by atoms with Gasteiger partial charge < -0.3 is 14.7 Å². The zero-order valence-electron chi connectivity index (χ0n) is 26.1. The lowest BCUT2D eigenvalue weighted by molar-refractivity contribution is 0.107. The van der Waals surface area contributed by atoms with E-state index in [1.165, 1.54) is 18.2 Å². The maximum atomic E-state index is 16.9. The molecular weight excluding hydrogens is 605 g/mol. The van der Waals surface area contributed by atoms with Crippen LogP contribution < -0.4 is 9.64 Å². The average Bonchev–Trinajstić information content (AvgIpc) is 3.50. The zero-order chi connectivity index (χ0) is 32.3. The molecular formula is C36H35F3N6O2. The highest BCUT2D eigenvalue weighted by molar-refractivity contribution is 6.01. The van der Waals surface area contributed by atoms with Gasteiger partial charge in [-0.3, -0.25) is 14.9 Å². The van der Waals surface area contributed by atoms with E-state index >= 15 is 4.39 Å². The Kier molecular flexibility index (Phi) is 7.39. The summed E-state index contributed by atoms with van der Waals surface area (Å²) in [6, 6.07) is 9.82. The lowest BCUT2D eigenvalue weighted by Gasteiger charge is -2.31. The summed E-state index contributed by atoms with van der Waals surface area (Å²) in [7, 11) is 0. The Labute approximate surface area is 270 Å². The van der Waals surface area contributed by atoms with Crippen molar-refractivity contribution < 1.29 is 23.0 Å². The number of phenolic OH excluding ortho intramolecular Hbond substituents is 1. The third-order valence-corrected chi connectivity index (χ3v) is 10.1. The fourth-order valence-electron chi connectivity index (χ4n) is 7.94. The highest BCUT2D eigenvalue weighted by Gasteiger charge is 2.49. The van der Waals surface area contributed by atoms with Crippen LogP contribution in [-0.4, -0.2) is 67.9 Å². The largest absolute Gasteiger partial charge is 0.508 e. The van der Waals surface area contributed by atoms with Crippen LogP contribution in [0.15, 0.2) is 48.8 Å². The van der Waals surface area contributed by atoms with Crippen LogP contribution in [0.2, 0.25) is 0 Å². The van der Waals surface area contributed by atoms with E-state index in [2.05, 4.69) is 24.8 Å². The molecule has 0 unspecified atom stereocenters. The maximum Gasteiger partial charge on any atom is 0.319 e. The van der Waals surface area contributed by atoms with Crippen molar-refractivity contribution in [1.82, 2.24) is 24.8 Å². The number of rotatable bonds is 6. The lowest BCUT2D eigenvalue weighted by Crippen LogP contribution is -2.43. The van der Waals surface area contributed by atoms with Crippen LogP contribution in [0.3, 0.4) is 0 Å². The Hall–Kier alpha value is -4.51. The van der Waals surface area contributed by atoms with Crippen LogP contribution in [0.1, 0.15) is 49.4 Å². The normalized spacial score (nSPS) is 21.3. The number of alkyl halides is 1. The summed E-state index contributed by atoms with van der Waals surface area (Å²) in [5.74, 6) is -0.741. The standard InChI is InChI=1S/C36H35F3N6O2/c1-2-25-28(38)9-8-21-14-24(46)15-26(30(21)25)32-31(39)33-27(17-41-32)34(44-12-4-7-29-22(18-44)6-3-11-40-29)43-35(42-33)47-20-36-10-5-13-45(36)19-23(37)16-36/h3,6,8-9,11,14-15,17,23,46H,2,4-5,7,10,12-13,16,18-20H2,1H3/t23-,36+/m1/s1. The number of benzene rings is 2. The first-order chi connectivity index (χ1) is 22.8. The number of anilines is 1. The molecule has 3 aromatic heterocycles. The van der Waals surface area contributed by atoms with Crippen LogP contribution >= 0.6 is 0 Å². The third kappa shape index (κ3) is 5.11. The second-order valence-electron chi connectivity index (χ2n) is 13.0. The molecule has 2 aromatic carbocycles. The number of phenols is 1. The third-order valence-electron chi connectivity index (χ3n) is 10.1. The summed E-state index contributed by atoms with van der Waals surface area (Å²) < 4.78 is 52.7. The Morgan fingerprint density at radius 2 is 1.98 bits per heavy atom. The molecule has 1 N–H and O–H groups in total. The molecule has 0 bridgehead atoms. The number of aromatic hydroxyl groups is 1. The van der Waals surface area contributed by atoms with Gasteiger partial charge in [-0.25, -0.2) is 13.2 Å². The summed E-state index contributed by atoms with van der Waals surface area (Å²) in [5, 5.41) is 12.1. The van der Waals surface area contributed by atoms with Gasteiger partial charge in [-0.15, -0.1) is 0 Å². The molecule has 0 radical (unpaired) electrons. The minimum Gasteiger partial charge on any atom is -0.508 e. The predicted octanol–water partition coefficient (Wildman–Crippen LogP) is 6.69. The minimum absolute atomic E-state index is 0.00352. The van der Waals surface area contributed by atoms with E-state index in [1.54, 1.807) is 18.5 Å². The van der Waals surface area contributed by atoms with Gasteiger partial charge in [0.1, 0.15) is 41.4 Å². The molecule has 0 amide bonds. The molecule has 2 fully saturated rings. The van der Waals surface area contributed by atoms with E-state index in [4.69, 9.17) is 9.72 Å². The molecule has 0 saturated carbocycles. The van der Waals surface area contributed by atoms with Gasteiger partial charge in [-0.1, -0.05) is 19.1 Å². The molecule has 8 rings (SSSR count). The number of aryl methyl sites for hydroxylation is 2. The SMILES string of the molecule is CCc1c(F)ccc2cc(O)cc(-c3ncc4c(N5CCCc6ncccc6C5)nc(OC[C@@]56CCCN5C[C@H](F)C6)nc4c3F)c12. The zero-order valence-corrected chi connectivity index (χ0v) is 26.1. The van der Waals surface area contributed by atoms with E-state index in [0.717, 1.165) is 43.5 Å². The number of fused-ring (bicyclic) bond motifs is 4. The molecule has 0 aliphatic carbocycles. The van der Waals surface area contributed by atoms with Crippen LogP contribution in [0, 0.1) is 11.6 Å². The van der Waals surface area contributed by atoms with Crippen molar-refractivity contribution in [2.75, 3.05) is 31.1 Å². The van der Waals surface area contributed by atoms with E-state index in [-0.39, 0.29) is 35.1 Å². The molecule has 242 valence electrons. The lowest BCUT2D eigenvalue weighted by atomic mass is 9.94. The van der Waals surface area contributed by atoms with Crippen molar-refractivity contribution >= 4 is 27.5 Å². The van der Waals surface area contributed by atoms with Crippen molar-refractivity contribution in [3.63, 3.8) is 0 Å². The number of pyridine rings is 2. The molecule has 3 aliphatic heterocycles. The summed E-state index contributed by atoms with van der Waals surface area (Å²) >= 11 is 0. The second-order valence-corrected chi connectivity index (χ2v) is 13.0. The van der Waals surface area contributed by atoms with E-state index < -0.39 is 23.3 Å². The van der Waals surface area contributed by atoms with Gasteiger partial charge in [0.25, 0.3) is 0 Å². The fraction of sp³-hybridized carbons (Fsp3) is 0.389. The van der Waals surface area contributed by atoms with Crippen molar-refractivity contribution in [3.05, 3.63) is 77.2 Å². The quantitative estimate of drug-likeness (QED) is 0.220. The fourth-order valence-corrected chi connectivity index (χ4v) is 7.94. The second kappa shape index (κ2) is 11.6. The summed E-state index contributed by atoms with van der Waals surface area (Å²) in [6.45, 7) is 4.38. The Bertz CT molecular complexity index is 2030. The van der Waals surface area contributed by atoms with Crippen LogP contribution in [0.5, 0.6) is 11.8 Å². The molecule has 8 nitrogen and oxygen atoms in total. The van der Waals surface area contributed by atoms with Gasteiger partial charge in [0.2, 0.25) is 0 Å². The van der Waals surface area contributed by atoms with Gasteiger partial charge in [0, 0.05) is 49.7 Å². The van der Waals surface area contributed by atoms with Gasteiger partial charge in [0.05, 0.1) is 10.9 Å². The first kappa shape index (κ1) is 29.9. The number of hydrogen-bond donors (Lipinski definition) is 1. The topological polar surface area (TPSA) is 87.5 Å². The highest BCUT2D eigenvalue weighted by Crippen LogP contribution is 2.42. The molecule has 6 heterocycles. The van der Waals surface area contributed by atoms with Crippen LogP contribution in [0.25, 0.3) is 32.9 Å².